The quantitative estimate of drug-likeness (QED) is 0.214. The van der Waals surface area contributed by atoms with Crippen molar-refractivity contribution >= 4 is 33.7 Å². The summed E-state index contributed by atoms with van der Waals surface area (Å²) in [5.41, 5.74) is 5.17. The van der Waals surface area contributed by atoms with Crippen LogP contribution in [0.5, 0.6) is 0 Å². The molecular formula is C31H25F2N7O. The van der Waals surface area contributed by atoms with Crippen LogP contribution >= 0.6 is 0 Å². The summed E-state index contributed by atoms with van der Waals surface area (Å²) >= 11 is 0. The highest BCUT2D eigenvalue weighted by atomic mass is 19.1. The highest BCUT2D eigenvalue weighted by Gasteiger charge is 2.22. The van der Waals surface area contributed by atoms with E-state index in [0.29, 0.717) is 50.4 Å². The summed E-state index contributed by atoms with van der Waals surface area (Å²) in [6.45, 7) is 0. The molecule has 4 heterocycles. The number of rotatable bonds is 5. The van der Waals surface area contributed by atoms with E-state index in [1.165, 1.54) is 24.6 Å². The molecular weight excluding hydrogens is 524 g/mol. The lowest BCUT2D eigenvalue weighted by molar-refractivity contribution is -0.120. The molecule has 0 atom stereocenters. The number of hydrogen-bond donors (Lipinski definition) is 3. The van der Waals surface area contributed by atoms with Gasteiger partial charge in [0.2, 0.25) is 5.91 Å². The first kappa shape index (κ1) is 25.0. The number of carbonyl (C=O) groups excluding carboxylic acids is 1. The molecule has 3 N–H and O–H groups in total. The number of aromatic amines is 2. The van der Waals surface area contributed by atoms with Gasteiger partial charge in [-0.3, -0.25) is 14.9 Å². The first-order chi connectivity index (χ1) is 20.0. The Morgan fingerprint density at radius 3 is 2.59 bits per heavy atom. The molecule has 7 rings (SSSR count). The molecule has 0 saturated heterocycles. The smallest absolute Gasteiger partial charge is 0.227 e. The highest BCUT2D eigenvalue weighted by Crippen LogP contribution is 2.34. The lowest BCUT2D eigenvalue weighted by atomic mass is 9.88. The number of halogens is 2. The van der Waals surface area contributed by atoms with Crippen LogP contribution in [0.1, 0.15) is 32.1 Å². The van der Waals surface area contributed by atoms with Gasteiger partial charge in [0.05, 0.1) is 22.9 Å². The first-order valence-electron chi connectivity index (χ1n) is 13.6. The number of anilines is 1. The van der Waals surface area contributed by atoms with E-state index in [1.807, 2.05) is 6.07 Å². The van der Waals surface area contributed by atoms with Crippen molar-refractivity contribution in [3.8, 4) is 33.8 Å². The van der Waals surface area contributed by atoms with Crippen molar-refractivity contribution in [1.82, 2.24) is 30.1 Å². The molecule has 1 saturated carbocycles. The third kappa shape index (κ3) is 4.71. The molecule has 2 aromatic carbocycles. The molecule has 0 bridgehead atoms. The Hall–Kier alpha value is -4.99. The summed E-state index contributed by atoms with van der Waals surface area (Å²) in [6, 6.07) is 12.9. The maximum Gasteiger partial charge on any atom is 0.227 e. The van der Waals surface area contributed by atoms with Crippen LogP contribution in [-0.2, 0) is 4.79 Å². The van der Waals surface area contributed by atoms with Gasteiger partial charge in [-0.25, -0.2) is 18.7 Å². The van der Waals surface area contributed by atoms with E-state index < -0.39 is 5.82 Å². The molecule has 1 aliphatic carbocycles. The van der Waals surface area contributed by atoms with Crippen LogP contribution in [0.25, 0.3) is 55.8 Å². The SMILES string of the molecule is O=C(Nc1cncc(-c2cc3c(-c4nc5nccc(-c6ccc(F)cc6)c5[nH]4)n[nH]c3cc2F)c1)C1CCCCC1. The van der Waals surface area contributed by atoms with Crippen LogP contribution in [0.4, 0.5) is 14.5 Å². The monoisotopic (exact) mass is 549 g/mol. The van der Waals surface area contributed by atoms with E-state index in [-0.39, 0.29) is 17.6 Å². The first-order valence-corrected chi connectivity index (χ1v) is 13.6. The van der Waals surface area contributed by atoms with Gasteiger partial charge in [0, 0.05) is 46.5 Å². The van der Waals surface area contributed by atoms with E-state index in [4.69, 9.17) is 0 Å². The van der Waals surface area contributed by atoms with Gasteiger partial charge in [-0.05, 0) is 48.7 Å². The maximum absolute atomic E-state index is 15.3. The van der Waals surface area contributed by atoms with Crippen LogP contribution in [0, 0.1) is 17.6 Å². The standard InChI is InChI=1S/C31H25F2N7O/c32-20-8-6-17(7-9-20)22-10-11-35-29-27(22)37-30(38-29)28-24-13-23(25(33)14-26(24)39-40-28)19-12-21(16-34-15-19)36-31(41)18-4-2-1-3-5-18/h6-16,18H,1-5H2,(H,36,41)(H,39,40)(H,35,37,38). The molecule has 6 aromatic rings. The lowest BCUT2D eigenvalue weighted by Crippen LogP contribution is -2.24. The molecule has 1 amide bonds. The summed E-state index contributed by atoms with van der Waals surface area (Å²) in [4.78, 5) is 29.4. The second kappa shape index (κ2) is 10.2. The van der Waals surface area contributed by atoms with E-state index in [1.54, 1.807) is 42.9 Å². The van der Waals surface area contributed by atoms with E-state index in [0.717, 1.165) is 36.8 Å². The fourth-order valence-electron chi connectivity index (χ4n) is 5.60. The fourth-order valence-corrected chi connectivity index (χ4v) is 5.60. The van der Waals surface area contributed by atoms with E-state index in [2.05, 4.69) is 35.5 Å². The Labute approximate surface area is 233 Å². The van der Waals surface area contributed by atoms with Gasteiger partial charge in [0.15, 0.2) is 11.5 Å². The molecule has 0 aliphatic heterocycles. The van der Waals surface area contributed by atoms with Gasteiger partial charge >= 0.3 is 0 Å². The molecule has 1 fully saturated rings. The number of hydrogen-bond acceptors (Lipinski definition) is 5. The zero-order valence-electron chi connectivity index (χ0n) is 21.9. The van der Waals surface area contributed by atoms with Crippen molar-refractivity contribution in [1.29, 1.82) is 0 Å². The van der Waals surface area contributed by atoms with Crippen molar-refractivity contribution in [3.05, 3.63) is 78.8 Å². The fraction of sp³-hybridized carbons (Fsp3) is 0.194. The Balaban J connectivity index is 1.25. The molecule has 0 unspecified atom stereocenters. The number of aromatic nitrogens is 6. The van der Waals surface area contributed by atoms with Crippen molar-refractivity contribution in [3.63, 3.8) is 0 Å². The van der Waals surface area contributed by atoms with Crippen LogP contribution in [0.3, 0.4) is 0 Å². The Morgan fingerprint density at radius 2 is 1.76 bits per heavy atom. The number of imidazole rings is 1. The molecule has 204 valence electrons. The van der Waals surface area contributed by atoms with E-state index in [9.17, 15) is 9.18 Å². The summed E-state index contributed by atoms with van der Waals surface area (Å²) in [5, 5.41) is 10.9. The predicted octanol–water partition coefficient (Wildman–Crippen LogP) is 7.03. The van der Waals surface area contributed by atoms with Gasteiger partial charge in [0.1, 0.15) is 17.3 Å². The van der Waals surface area contributed by atoms with Crippen molar-refractivity contribution in [2.75, 3.05) is 5.32 Å². The predicted molar refractivity (Wildman–Crippen MR) is 153 cm³/mol. The number of H-pyrrole nitrogens is 2. The Morgan fingerprint density at radius 1 is 0.927 bits per heavy atom. The average Bonchev–Trinajstić information content (AvgIpc) is 3.61. The topological polar surface area (TPSA) is 112 Å². The normalized spacial score (nSPS) is 14.1. The van der Waals surface area contributed by atoms with Gasteiger partial charge in [-0.15, -0.1) is 0 Å². The van der Waals surface area contributed by atoms with Crippen LogP contribution in [0.15, 0.2) is 67.1 Å². The third-order valence-electron chi connectivity index (χ3n) is 7.71. The number of pyridine rings is 2. The van der Waals surface area contributed by atoms with Crippen LogP contribution < -0.4 is 5.32 Å². The summed E-state index contributed by atoms with van der Waals surface area (Å²) in [6.07, 6.45) is 9.84. The minimum atomic E-state index is -0.449. The number of fused-ring (bicyclic) bond motifs is 2. The summed E-state index contributed by atoms with van der Waals surface area (Å²) in [5.74, 6) is -0.332. The van der Waals surface area contributed by atoms with Gasteiger partial charge in [0.25, 0.3) is 0 Å². The zero-order valence-corrected chi connectivity index (χ0v) is 21.9. The largest absolute Gasteiger partial charge is 0.335 e. The molecule has 10 heteroatoms. The third-order valence-corrected chi connectivity index (χ3v) is 7.71. The zero-order chi connectivity index (χ0) is 27.9. The van der Waals surface area contributed by atoms with Crippen molar-refractivity contribution in [2.45, 2.75) is 32.1 Å². The number of amides is 1. The number of benzene rings is 2. The minimum Gasteiger partial charge on any atom is -0.335 e. The number of carbonyl (C=O) groups is 1. The van der Waals surface area contributed by atoms with Crippen LogP contribution in [0.2, 0.25) is 0 Å². The summed E-state index contributed by atoms with van der Waals surface area (Å²) in [7, 11) is 0. The Kier molecular flexibility index (Phi) is 6.22. The van der Waals surface area contributed by atoms with Crippen LogP contribution in [-0.4, -0.2) is 36.0 Å². The molecule has 41 heavy (non-hydrogen) atoms. The maximum atomic E-state index is 15.3. The van der Waals surface area contributed by atoms with Gasteiger partial charge < -0.3 is 10.3 Å². The molecule has 0 radical (unpaired) electrons. The van der Waals surface area contributed by atoms with Crippen molar-refractivity contribution < 1.29 is 13.6 Å². The summed E-state index contributed by atoms with van der Waals surface area (Å²) < 4.78 is 28.8. The van der Waals surface area contributed by atoms with Crippen molar-refractivity contribution in [2.24, 2.45) is 5.92 Å². The Bertz CT molecular complexity index is 1910. The van der Waals surface area contributed by atoms with Gasteiger partial charge in [-0.2, -0.15) is 5.10 Å². The second-order valence-corrected chi connectivity index (χ2v) is 10.4. The molecule has 8 nitrogen and oxygen atoms in total. The second-order valence-electron chi connectivity index (χ2n) is 10.4. The molecule has 0 spiro atoms. The molecule has 4 aromatic heterocycles. The molecule has 1 aliphatic rings. The number of nitrogens with zero attached hydrogens (tertiary/aromatic N) is 4. The number of nitrogens with one attached hydrogen (secondary N) is 3. The highest BCUT2D eigenvalue weighted by molar-refractivity contribution is 5.98. The van der Waals surface area contributed by atoms with Gasteiger partial charge in [-0.1, -0.05) is 31.4 Å². The van der Waals surface area contributed by atoms with E-state index >= 15 is 4.39 Å². The average molecular weight is 550 g/mol. The lowest BCUT2D eigenvalue weighted by Gasteiger charge is -2.20. The minimum absolute atomic E-state index is 0.00384.